The van der Waals surface area contributed by atoms with Crippen molar-refractivity contribution in [3.63, 3.8) is 0 Å². The number of carbonyl (C=O) groups excluding carboxylic acids is 1. The van der Waals surface area contributed by atoms with Crippen LogP contribution in [0.1, 0.15) is 44.5 Å². The first-order valence-corrected chi connectivity index (χ1v) is 14.7. The molecule has 2 aromatic rings. The molecule has 0 radical (unpaired) electrons. The van der Waals surface area contributed by atoms with Crippen molar-refractivity contribution in [3.05, 3.63) is 60.2 Å². The summed E-state index contributed by atoms with van der Waals surface area (Å²) in [5, 5.41) is 2.18. The molecule has 0 fully saturated rings. The highest BCUT2D eigenvalue weighted by Crippen LogP contribution is 2.78. The predicted molar refractivity (Wildman–Crippen MR) is 136 cm³/mol. The SMILES string of the molecule is CCOP(=O)(OCC)C1(P(=O)(OCC)OCC)CC(C(=O)c2cccc(-c3ccccc3)c2)=NN1. The fourth-order valence-electron chi connectivity index (χ4n) is 3.89. The summed E-state index contributed by atoms with van der Waals surface area (Å²) in [7, 11) is -8.39. The Morgan fingerprint density at radius 3 is 1.86 bits per heavy atom. The highest BCUT2D eigenvalue weighted by atomic mass is 31.2. The number of Topliss-reactive ketones (excluding diaryl/α,β-unsaturated/α-hetero) is 1. The topological polar surface area (TPSA) is 113 Å². The van der Waals surface area contributed by atoms with Gasteiger partial charge < -0.3 is 18.1 Å². The maximum Gasteiger partial charge on any atom is 0.370 e. The molecule has 1 aliphatic heterocycles. The monoisotopic (exact) mass is 522 g/mol. The maximum absolute atomic E-state index is 14.1. The minimum atomic E-state index is -4.20. The van der Waals surface area contributed by atoms with Gasteiger partial charge in [0.1, 0.15) is 5.71 Å². The predicted octanol–water partition coefficient (Wildman–Crippen LogP) is 6.07. The van der Waals surface area contributed by atoms with Crippen molar-refractivity contribution in [1.82, 2.24) is 5.43 Å². The Kier molecular flexibility index (Phi) is 9.22. The Bertz CT molecular complexity index is 1100. The molecule has 3 rings (SSSR count). The van der Waals surface area contributed by atoms with E-state index in [-0.39, 0.29) is 38.6 Å². The normalized spacial score (nSPS) is 15.5. The standard InChI is InChI=1S/C24H32N2O7P2/c1-5-30-34(28,31-6-2)24(35(29,32-7-3)33-8-4)18-22(25-26-24)23(27)21-16-12-15-20(17-21)19-13-10-9-11-14-19/h9-17,26H,5-8,18H2,1-4H3. The van der Waals surface area contributed by atoms with Crippen molar-refractivity contribution >= 4 is 26.7 Å². The van der Waals surface area contributed by atoms with Gasteiger partial charge in [-0.1, -0.05) is 48.5 Å². The van der Waals surface area contributed by atoms with E-state index < -0.39 is 26.0 Å². The first kappa shape index (κ1) is 27.5. The van der Waals surface area contributed by atoms with Crippen LogP contribution in [0.2, 0.25) is 0 Å². The van der Waals surface area contributed by atoms with Crippen LogP contribution in [0.4, 0.5) is 0 Å². The van der Waals surface area contributed by atoms with Crippen LogP contribution in [0, 0.1) is 0 Å². The lowest BCUT2D eigenvalue weighted by atomic mass is 9.99. The molecule has 2 aromatic carbocycles. The molecule has 0 amide bonds. The van der Waals surface area contributed by atoms with Crippen LogP contribution in [0.5, 0.6) is 0 Å². The third kappa shape index (κ3) is 5.36. The minimum Gasteiger partial charge on any atom is -0.307 e. The number of nitrogens with zero attached hydrogens (tertiary/aromatic N) is 1. The molecule has 0 saturated heterocycles. The van der Waals surface area contributed by atoms with E-state index in [9.17, 15) is 13.9 Å². The summed E-state index contributed by atoms with van der Waals surface area (Å²) in [6.07, 6.45) is -0.323. The zero-order chi connectivity index (χ0) is 25.5. The molecule has 0 aliphatic carbocycles. The molecule has 11 heteroatoms. The number of ketones is 1. The molecule has 0 atom stereocenters. The largest absolute Gasteiger partial charge is 0.370 e. The molecule has 190 valence electrons. The lowest BCUT2D eigenvalue weighted by molar-refractivity contribution is 0.106. The molecule has 35 heavy (non-hydrogen) atoms. The Labute approximate surface area is 206 Å². The number of hydrogen-bond acceptors (Lipinski definition) is 9. The number of carbonyl (C=O) groups is 1. The molecule has 1 heterocycles. The van der Waals surface area contributed by atoms with Gasteiger partial charge in [0.05, 0.1) is 26.4 Å². The average Bonchev–Trinajstić information content (AvgIpc) is 3.33. The molecule has 0 saturated carbocycles. The smallest absolute Gasteiger partial charge is 0.307 e. The van der Waals surface area contributed by atoms with Gasteiger partial charge in [0.15, 0.2) is 0 Å². The molecule has 0 spiro atoms. The molecule has 1 N–H and O–H groups in total. The number of hydrogen-bond donors (Lipinski definition) is 1. The number of nitrogens with one attached hydrogen (secondary N) is 1. The second kappa shape index (κ2) is 11.7. The van der Waals surface area contributed by atoms with Gasteiger partial charge in [-0.15, -0.1) is 0 Å². The summed E-state index contributed by atoms with van der Waals surface area (Å²) in [5.74, 6) is -0.406. The van der Waals surface area contributed by atoms with E-state index >= 15 is 0 Å². The van der Waals surface area contributed by atoms with Gasteiger partial charge in [-0.25, -0.2) is 0 Å². The summed E-state index contributed by atoms with van der Waals surface area (Å²) < 4.78 is 50.4. The van der Waals surface area contributed by atoms with Crippen LogP contribution < -0.4 is 5.43 Å². The summed E-state index contributed by atoms with van der Waals surface area (Å²) in [6.45, 7) is 6.63. The van der Waals surface area contributed by atoms with Gasteiger partial charge in [-0.2, -0.15) is 5.10 Å². The molecular formula is C24H32N2O7P2. The van der Waals surface area contributed by atoms with Crippen molar-refractivity contribution in [2.45, 2.75) is 39.1 Å². The van der Waals surface area contributed by atoms with Crippen LogP contribution in [0.3, 0.4) is 0 Å². The van der Waals surface area contributed by atoms with E-state index in [0.29, 0.717) is 5.56 Å². The first-order valence-electron chi connectivity index (χ1n) is 11.6. The summed E-state index contributed by atoms with van der Waals surface area (Å²) >= 11 is 0. The van der Waals surface area contributed by atoms with Crippen molar-refractivity contribution in [3.8, 4) is 11.1 Å². The molecular weight excluding hydrogens is 490 g/mol. The number of benzene rings is 2. The van der Waals surface area contributed by atoms with Gasteiger partial charge in [0.25, 0.3) is 5.02 Å². The number of rotatable bonds is 13. The Morgan fingerprint density at radius 1 is 0.829 bits per heavy atom. The highest BCUT2D eigenvalue weighted by Gasteiger charge is 2.68. The molecule has 1 aliphatic rings. The zero-order valence-corrected chi connectivity index (χ0v) is 22.2. The second-order valence-electron chi connectivity index (χ2n) is 7.61. The van der Waals surface area contributed by atoms with Gasteiger partial charge in [-0.05, 0) is 44.9 Å². The quantitative estimate of drug-likeness (QED) is 0.249. The van der Waals surface area contributed by atoms with Crippen molar-refractivity contribution in [1.29, 1.82) is 0 Å². The third-order valence-corrected chi connectivity index (χ3v) is 11.6. The second-order valence-corrected chi connectivity index (χ2v) is 12.5. The lowest BCUT2D eigenvalue weighted by Gasteiger charge is -2.38. The van der Waals surface area contributed by atoms with Gasteiger partial charge >= 0.3 is 15.2 Å². The Hall–Kier alpha value is -2.12. The highest BCUT2D eigenvalue weighted by molar-refractivity contribution is 7.74. The van der Waals surface area contributed by atoms with Gasteiger partial charge in [0.2, 0.25) is 5.78 Å². The minimum absolute atomic E-state index is 0.0152. The summed E-state index contributed by atoms with van der Waals surface area (Å²) in [4.78, 5) is 13.5. The van der Waals surface area contributed by atoms with Gasteiger partial charge in [0, 0.05) is 12.0 Å². The zero-order valence-electron chi connectivity index (χ0n) is 20.4. The number of hydrazone groups is 1. The van der Waals surface area contributed by atoms with Crippen LogP contribution >= 0.6 is 15.2 Å². The van der Waals surface area contributed by atoms with E-state index in [0.717, 1.165) is 11.1 Å². The van der Waals surface area contributed by atoms with Gasteiger partial charge in [-0.3, -0.25) is 19.4 Å². The molecule has 0 unspecified atom stereocenters. The van der Waals surface area contributed by atoms with Crippen LogP contribution in [-0.2, 0) is 27.2 Å². The van der Waals surface area contributed by atoms with Crippen LogP contribution in [0.15, 0.2) is 59.7 Å². The van der Waals surface area contributed by atoms with Crippen molar-refractivity contribution < 1.29 is 32.0 Å². The van der Waals surface area contributed by atoms with E-state index in [1.165, 1.54) is 0 Å². The van der Waals surface area contributed by atoms with Crippen LogP contribution in [0.25, 0.3) is 11.1 Å². The van der Waals surface area contributed by atoms with E-state index in [1.54, 1.807) is 45.9 Å². The molecule has 0 aromatic heterocycles. The summed E-state index contributed by atoms with van der Waals surface area (Å²) in [5.41, 5.74) is 4.90. The molecule has 0 bridgehead atoms. The fraction of sp³-hybridized carbons (Fsp3) is 0.417. The maximum atomic E-state index is 14.1. The van der Waals surface area contributed by atoms with Crippen molar-refractivity contribution in [2.75, 3.05) is 26.4 Å². The molecule has 9 nitrogen and oxygen atoms in total. The lowest BCUT2D eigenvalue weighted by Crippen LogP contribution is -2.42. The average molecular weight is 522 g/mol. The fourth-order valence-corrected chi connectivity index (χ4v) is 9.17. The van der Waals surface area contributed by atoms with E-state index in [1.807, 2.05) is 36.4 Å². The third-order valence-electron chi connectivity index (χ3n) is 5.38. The summed E-state index contributed by atoms with van der Waals surface area (Å²) in [6, 6.07) is 16.8. The van der Waals surface area contributed by atoms with E-state index in [2.05, 4.69) is 10.5 Å². The Balaban J connectivity index is 2.02. The Morgan fingerprint density at radius 2 is 1.34 bits per heavy atom. The first-order chi connectivity index (χ1) is 16.8. The van der Waals surface area contributed by atoms with Crippen molar-refractivity contribution in [2.24, 2.45) is 5.10 Å². The van der Waals surface area contributed by atoms with E-state index in [4.69, 9.17) is 18.1 Å². The van der Waals surface area contributed by atoms with Crippen LogP contribution in [-0.4, -0.2) is 42.9 Å².